The predicted octanol–water partition coefficient (Wildman–Crippen LogP) is 3.68. The molecule has 4 aromatic heterocycles. The lowest BCUT2D eigenvalue weighted by Gasteiger charge is -2.09. The van der Waals surface area contributed by atoms with E-state index in [1.54, 1.807) is 23.9 Å². The summed E-state index contributed by atoms with van der Waals surface area (Å²) >= 11 is 0. The quantitative estimate of drug-likeness (QED) is 0.310. The molecule has 0 saturated carbocycles. The van der Waals surface area contributed by atoms with Gasteiger partial charge in [-0.3, -0.25) is 14.9 Å². The van der Waals surface area contributed by atoms with Gasteiger partial charge in [-0.05, 0) is 50.1 Å². The number of nitro groups is 1. The van der Waals surface area contributed by atoms with E-state index in [-0.39, 0.29) is 5.76 Å². The number of carbonyl (C=O) groups excluding carboxylic acids is 1. The van der Waals surface area contributed by atoms with Crippen LogP contribution in [-0.4, -0.2) is 40.4 Å². The maximum absolute atomic E-state index is 12.6. The van der Waals surface area contributed by atoms with Gasteiger partial charge in [0.15, 0.2) is 17.2 Å². The number of nitrogens with zero attached hydrogens (tertiary/aromatic N) is 7. The summed E-state index contributed by atoms with van der Waals surface area (Å²) in [5, 5.41) is 23.1. The molecule has 0 bridgehead atoms. The number of anilines is 1. The molecule has 0 atom stereocenters. The topological polar surface area (TPSA) is 147 Å². The van der Waals surface area contributed by atoms with Gasteiger partial charge in [0.05, 0.1) is 29.0 Å². The van der Waals surface area contributed by atoms with Crippen molar-refractivity contribution in [1.29, 1.82) is 0 Å². The summed E-state index contributed by atoms with van der Waals surface area (Å²) in [5.74, 6) is -0.668. The standard InChI is InChI=1S/C22H18N8O4/c1-12-4-5-15(8-13(12)2)28-20-16(10-25-28)21(24-11-23-20)29-18(9-14(3)27-29)26-22(31)17-6-7-19(34-17)30(32)33/h4-11H,1-3H3,(H,26,31). The highest BCUT2D eigenvalue weighted by molar-refractivity contribution is 6.02. The number of carbonyl (C=O) groups is 1. The molecule has 0 unspecified atom stereocenters. The van der Waals surface area contributed by atoms with Crippen LogP contribution in [0.25, 0.3) is 22.5 Å². The van der Waals surface area contributed by atoms with Crippen LogP contribution in [0.3, 0.4) is 0 Å². The summed E-state index contributed by atoms with van der Waals surface area (Å²) in [7, 11) is 0. The molecule has 12 nitrogen and oxygen atoms in total. The van der Waals surface area contributed by atoms with Crippen molar-refractivity contribution in [3.63, 3.8) is 0 Å². The Labute approximate surface area is 192 Å². The first kappa shape index (κ1) is 21.0. The second-order valence-electron chi connectivity index (χ2n) is 7.69. The van der Waals surface area contributed by atoms with Crippen molar-refractivity contribution in [2.75, 3.05) is 5.32 Å². The Kier molecular flexibility index (Phi) is 4.89. The molecule has 4 heterocycles. The lowest BCUT2D eigenvalue weighted by Crippen LogP contribution is -2.15. The van der Waals surface area contributed by atoms with Gasteiger partial charge in [-0.2, -0.15) is 14.9 Å². The molecule has 1 aromatic carbocycles. The Morgan fingerprint density at radius 1 is 1.06 bits per heavy atom. The average molecular weight is 458 g/mol. The number of rotatable bonds is 5. The molecular weight excluding hydrogens is 440 g/mol. The Morgan fingerprint density at radius 2 is 1.88 bits per heavy atom. The van der Waals surface area contributed by atoms with Crippen LogP contribution in [0.1, 0.15) is 27.4 Å². The molecule has 34 heavy (non-hydrogen) atoms. The number of benzene rings is 1. The van der Waals surface area contributed by atoms with Crippen LogP contribution in [0.15, 0.2) is 53.3 Å². The molecule has 0 aliphatic rings. The second-order valence-corrected chi connectivity index (χ2v) is 7.69. The van der Waals surface area contributed by atoms with Gasteiger partial charge in [-0.1, -0.05) is 6.07 Å². The molecular formula is C22H18N8O4. The summed E-state index contributed by atoms with van der Waals surface area (Å²) < 4.78 is 8.16. The zero-order valence-electron chi connectivity index (χ0n) is 18.4. The summed E-state index contributed by atoms with van der Waals surface area (Å²) in [6.07, 6.45) is 3.04. The Bertz CT molecular complexity index is 1580. The van der Waals surface area contributed by atoms with Crippen molar-refractivity contribution in [3.8, 4) is 11.5 Å². The summed E-state index contributed by atoms with van der Waals surface area (Å²) in [6.45, 7) is 5.83. The highest BCUT2D eigenvalue weighted by Gasteiger charge is 2.21. The van der Waals surface area contributed by atoms with E-state index in [1.165, 1.54) is 22.6 Å². The summed E-state index contributed by atoms with van der Waals surface area (Å²) in [4.78, 5) is 31.5. The number of aryl methyl sites for hydroxylation is 3. The highest BCUT2D eigenvalue weighted by Crippen LogP contribution is 2.25. The van der Waals surface area contributed by atoms with Crippen molar-refractivity contribution in [2.45, 2.75) is 20.8 Å². The van der Waals surface area contributed by atoms with Gasteiger partial charge in [0, 0.05) is 6.07 Å². The van der Waals surface area contributed by atoms with E-state index < -0.39 is 16.7 Å². The maximum atomic E-state index is 12.6. The number of hydrogen-bond donors (Lipinski definition) is 1. The van der Waals surface area contributed by atoms with Crippen molar-refractivity contribution in [1.82, 2.24) is 29.5 Å². The molecule has 0 fully saturated rings. The number of fused-ring (bicyclic) bond motifs is 1. The van der Waals surface area contributed by atoms with Crippen molar-refractivity contribution >= 4 is 28.6 Å². The molecule has 0 spiro atoms. The monoisotopic (exact) mass is 458 g/mol. The van der Waals surface area contributed by atoms with Crippen LogP contribution < -0.4 is 5.32 Å². The number of aromatic nitrogens is 6. The molecule has 170 valence electrons. The largest absolute Gasteiger partial charge is 0.433 e. The molecule has 1 amide bonds. The maximum Gasteiger partial charge on any atom is 0.433 e. The Hall–Kier alpha value is -4.87. The number of nitrogens with one attached hydrogen (secondary N) is 1. The first-order chi connectivity index (χ1) is 16.3. The van der Waals surface area contributed by atoms with Crippen LogP contribution in [-0.2, 0) is 0 Å². The van der Waals surface area contributed by atoms with E-state index in [9.17, 15) is 14.9 Å². The van der Waals surface area contributed by atoms with Crippen molar-refractivity contribution < 1.29 is 14.1 Å². The fraction of sp³-hybridized carbons (Fsp3) is 0.136. The first-order valence-corrected chi connectivity index (χ1v) is 10.2. The molecule has 0 aliphatic heterocycles. The van der Waals surface area contributed by atoms with E-state index >= 15 is 0 Å². The van der Waals surface area contributed by atoms with Crippen LogP contribution in [0, 0.1) is 30.9 Å². The van der Waals surface area contributed by atoms with Gasteiger partial charge in [0.1, 0.15) is 17.1 Å². The van der Waals surface area contributed by atoms with Crippen molar-refractivity contribution in [2.24, 2.45) is 0 Å². The molecule has 0 radical (unpaired) electrons. The Morgan fingerprint density at radius 3 is 2.62 bits per heavy atom. The van der Waals surface area contributed by atoms with Crippen LogP contribution in [0.2, 0.25) is 0 Å². The normalized spacial score (nSPS) is 11.1. The van der Waals surface area contributed by atoms with Gasteiger partial charge in [-0.15, -0.1) is 0 Å². The number of hydrogen-bond acceptors (Lipinski definition) is 8. The SMILES string of the molecule is Cc1cc(NC(=O)c2ccc([N+](=O)[O-])o2)n(-c2ncnc3c2cnn3-c2ccc(C)c(C)c2)n1. The third-order valence-electron chi connectivity index (χ3n) is 5.35. The Balaban J connectivity index is 1.54. The van der Waals surface area contributed by atoms with E-state index in [1.807, 2.05) is 32.0 Å². The van der Waals surface area contributed by atoms with Gasteiger partial charge >= 0.3 is 5.88 Å². The molecule has 5 rings (SSSR count). The highest BCUT2D eigenvalue weighted by atomic mass is 16.6. The molecule has 0 aliphatic carbocycles. The minimum Gasteiger partial charge on any atom is -0.395 e. The van der Waals surface area contributed by atoms with Crippen LogP contribution in [0.5, 0.6) is 0 Å². The molecule has 1 N–H and O–H groups in total. The van der Waals surface area contributed by atoms with Gasteiger partial charge in [0.2, 0.25) is 0 Å². The average Bonchev–Trinajstić information content (AvgIpc) is 3.54. The van der Waals surface area contributed by atoms with Gasteiger partial charge in [0.25, 0.3) is 5.91 Å². The summed E-state index contributed by atoms with van der Waals surface area (Å²) in [6, 6.07) is 10.0. The van der Waals surface area contributed by atoms with E-state index in [0.29, 0.717) is 28.4 Å². The lowest BCUT2D eigenvalue weighted by atomic mass is 10.1. The third-order valence-corrected chi connectivity index (χ3v) is 5.35. The van der Waals surface area contributed by atoms with Gasteiger partial charge < -0.3 is 9.73 Å². The minimum absolute atomic E-state index is 0.201. The smallest absolute Gasteiger partial charge is 0.395 e. The molecule has 12 heteroatoms. The van der Waals surface area contributed by atoms with E-state index in [0.717, 1.165) is 17.3 Å². The molecule has 5 aromatic rings. The van der Waals surface area contributed by atoms with Crippen molar-refractivity contribution in [3.05, 3.63) is 81.6 Å². The van der Waals surface area contributed by atoms with Gasteiger partial charge in [-0.25, -0.2) is 14.6 Å². The zero-order valence-corrected chi connectivity index (χ0v) is 18.4. The fourth-order valence-electron chi connectivity index (χ4n) is 3.52. The predicted molar refractivity (Wildman–Crippen MR) is 121 cm³/mol. The minimum atomic E-state index is -0.712. The number of amides is 1. The second kappa shape index (κ2) is 7.92. The van der Waals surface area contributed by atoms with E-state index in [2.05, 4.69) is 25.5 Å². The fourth-order valence-corrected chi connectivity index (χ4v) is 3.52. The zero-order chi connectivity index (χ0) is 24.0. The van der Waals surface area contributed by atoms with Crippen LogP contribution in [0.4, 0.5) is 11.7 Å². The molecule has 0 saturated heterocycles. The van der Waals surface area contributed by atoms with E-state index in [4.69, 9.17) is 4.42 Å². The third kappa shape index (κ3) is 3.56. The summed E-state index contributed by atoms with van der Waals surface area (Å²) in [5.41, 5.74) is 4.34. The first-order valence-electron chi connectivity index (χ1n) is 10.2. The number of furan rings is 1. The van der Waals surface area contributed by atoms with Crippen LogP contribution >= 0.6 is 0 Å². The lowest BCUT2D eigenvalue weighted by molar-refractivity contribution is -0.402.